The normalized spacial score (nSPS) is 23.2. The first-order chi connectivity index (χ1) is 15.7. The first kappa shape index (κ1) is 21.6. The number of rotatable bonds is 3. The van der Waals surface area contributed by atoms with Crippen LogP contribution in [0.2, 0.25) is 5.02 Å². The number of hydrogen-bond donors (Lipinski definition) is 0. The second-order valence-electron chi connectivity index (χ2n) is 7.92. The number of halogens is 2. The Morgan fingerprint density at radius 3 is 2.67 bits per heavy atom. The minimum absolute atomic E-state index is 0.0741. The van der Waals surface area contributed by atoms with Crippen molar-refractivity contribution >= 4 is 63.4 Å². The number of amides is 4. The van der Waals surface area contributed by atoms with Crippen LogP contribution in [0.15, 0.2) is 36.4 Å². The van der Waals surface area contributed by atoms with Crippen LogP contribution in [0.1, 0.15) is 22.3 Å². The first-order valence-corrected chi connectivity index (χ1v) is 11.3. The van der Waals surface area contributed by atoms with Gasteiger partial charge in [0, 0.05) is 21.7 Å². The van der Waals surface area contributed by atoms with Gasteiger partial charge in [-0.25, -0.2) is 9.69 Å². The molecular formula is C21H13ClIN5O5. The predicted molar refractivity (Wildman–Crippen MR) is 124 cm³/mol. The smallest absolute Gasteiger partial charge is 0.331 e. The van der Waals surface area contributed by atoms with Gasteiger partial charge in [-0.15, -0.1) is 0 Å². The summed E-state index contributed by atoms with van der Waals surface area (Å²) in [6.45, 7) is 0.230. The maximum Gasteiger partial charge on any atom is 0.332 e. The molecule has 2 bridgehead atoms. The van der Waals surface area contributed by atoms with Gasteiger partial charge >= 0.3 is 6.03 Å². The van der Waals surface area contributed by atoms with Gasteiger partial charge in [-0.3, -0.25) is 19.7 Å². The van der Waals surface area contributed by atoms with Crippen LogP contribution >= 0.6 is 34.2 Å². The molecule has 3 aliphatic heterocycles. The van der Waals surface area contributed by atoms with Crippen LogP contribution in [-0.2, 0) is 4.79 Å². The Bertz CT molecular complexity index is 1310. The Balaban J connectivity index is 1.44. The number of nitrogens with zero attached hydrogens (tertiary/aromatic N) is 5. The highest BCUT2D eigenvalue weighted by molar-refractivity contribution is 14.1. The van der Waals surface area contributed by atoms with E-state index in [0.29, 0.717) is 21.2 Å². The summed E-state index contributed by atoms with van der Waals surface area (Å²) in [4.78, 5) is 54.2. The molecule has 3 saturated heterocycles. The third-order valence-electron chi connectivity index (χ3n) is 6.25. The zero-order valence-corrected chi connectivity index (χ0v) is 19.6. The number of hydrogen-bond acceptors (Lipinski definition) is 6. The lowest BCUT2D eigenvalue weighted by Gasteiger charge is -2.34. The standard InChI is InChI=1S/C21H13ClIN5O5/c22-14-4-2-10(5-16(14)28(32)33)19(29)25-9-13-7-17(25)18-20(30)27(21(31)26(13)18)12-3-1-11(8-24)15(23)6-12/h1-6,13,17-18H,7,9H2. The molecule has 3 atom stereocenters. The molecule has 4 amide bonds. The van der Waals surface area contributed by atoms with Gasteiger partial charge in [0.25, 0.3) is 17.5 Å². The maximum absolute atomic E-state index is 13.3. The number of urea groups is 1. The Hall–Kier alpha value is -3.24. The summed E-state index contributed by atoms with van der Waals surface area (Å²) < 4.78 is 0.615. The number of imide groups is 1. The molecular weight excluding hydrogens is 565 g/mol. The van der Waals surface area contributed by atoms with Crippen LogP contribution < -0.4 is 4.90 Å². The fourth-order valence-corrected chi connectivity index (χ4v) is 5.62. The predicted octanol–water partition coefficient (Wildman–Crippen LogP) is 3.16. The van der Waals surface area contributed by atoms with E-state index in [4.69, 9.17) is 16.9 Å². The summed E-state index contributed by atoms with van der Waals surface area (Å²) in [6, 6.07) is 8.46. The van der Waals surface area contributed by atoms with Crippen molar-refractivity contribution in [2.75, 3.05) is 11.4 Å². The largest absolute Gasteiger partial charge is 0.332 e. The second kappa shape index (κ2) is 7.67. The molecule has 0 saturated carbocycles. The van der Waals surface area contributed by atoms with Crippen molar-refractivity contribution in [2.24, 2.45) is 0 Å². The van der Waals surface area contributed by atoms with Crippen molar-refractivity contribution in [3.8, 4) is 6.07 Å². The number of nitro groups is 1. The first-order valence-electron chi connectivity index (χ1n) is 9.83. The summed E-state index contributed by atoms with van der Waals surface area (Å²) in [6.07, 6.45) is 0.461. The zero-order valence-electron chi connectivity index (χ0n) is 16.6. The number of benzene rings is 2. The topological polar surface area (TPSA) is 128 Å². The highest BCUT2D eigenvalue weighted by Crippen LogP contribution is 2.43. The van der Waals surface area contributed by atoms with Crippen molar-refractivity contribution < 1.29 is 19.3 Å². The molecule has 3 unspecified atom stereocenters. The lowest BCUT2D eigenvalue weighted by molar-refractivity contribution is -0.384. The van der Waals surface area contributed by atoms with Crippen molar-refractivity contribution in [3.05, 3.63) is 66.2 Å². The third-order valence-corrected chi connectivity index (χ3v) is 7.46. The van der Waals surface area contributed by atoms with Gasteiger partial charge in [0.2, 0.25) is 0 Å². The molecule has 3 heterocycles. The number of likely N-dealkylation sites (tertiary alicyclic amines) is 1. The van der Waals surface area contributed by atoms with Gasteiger partial charge in [-0.1, -0.05) is 11.6 Å². The van der Waals surface area contributed by atoms with E-state index in [1.165, 1.54) is 21.9 Å². The highest BCUT2D eigenvalue weighted by atomic mass is 127. The average Bonchev–Trinajstić information content (AvgIpc) is 3.44. The van der Waals surface area contributed by atoms with Crippen LogP contribution in [-0.4, -0.2) is 57.2 Å². The van der Waals surface area contributed by atoms with Gasteiger partial charge in [-0.05, 0) is 59.3 Å². The number of piperazine rings is 1. The third kappa shape index (κ3) is 3.16. The molecule has 0 spiro atoms. The quantitative estimate of drug-likeness (QED) is 0.239. The van der Waals surface area contributed by atoms with E-state index < -0.39 is 34.9 Å². The molecule has 10 nitrogen and oxygen atoms in total. The molecule has 0 aromatic heterocycles. The molecule has 0 radical (unpaired) electrons. The number of anilines is 1. The molecule has 2 aromatic carbocycles. The zero-order chi connectivity index (χ0) is 23.6. The maximum atomic E-state index is 13.3. The second-order valence-corrected chi connectivity index (χ2v) is 9.49. The Labute approximate surface area is 205 Å². The van der Waals surface area contributed by atoms with E-state index in [1.54, 1.807) is 18.2 Å². The van der Waals surface area contributed by atoms with Crippen molar-refractivity contribution in [3.63, 3.8) is 0 Å². The van der Waals surface area contributed by atoms with Crippen LogP contribution in [0, 0.1) is 25.0 Å². The van der Waals surface area contributed by atoms with Gasteiger partial charge in [0.1, 0.15) is 17.1 Å². The molecule has 166 valence electrons. The average molecular weight is 578 g/mol. The number of nitro benzene ring substituents is 1. The minimum atomic E-state index is -0.823. The van der Waals surface area contributed by atoms with Gasteiger partial charge < -0.3 is 9.80 Å². The number of fused-ring (bicyclic) bond motifs is 5. The van der Waals surface area contributed by atoms with Gasteiger partial charge in [0.05, 0.1) is 28.3 Å². The van der Waals surface area contributed by atoms with Crippen LogP contribution in [0.25, 0.3) is 0 Å². The number of nitriles is 1. The van der Waals surface area contributed by atoms with E-state index in [2.05, 4.69) is 0 Å². The van der Waals surface area contributed by atoms with E-state index in [-0.39, 0.29) is 28.9 Å². The summed E-state index contributed by atoms with van der Waals surface area (Å²) in [5, 5.41) is 20.3. The molecule has 0 N–H and O–H groups in total. The molecule has 3 fully saturated rings. The summed E-state index contributed by atoms with van der Waals surface area (Å²) in [5.74, 6) is -0.888. The molecule has 3 aliphatic rings. The Morgan fingerprint density at radius 1 is 1.24 bits per heavy atom. The van der Waals surface area contributed by atoms with Crippen LogP contribution in [0.3, 0.4) is 0 Å². The van der Waals surface area contributed by atoms with Crippen molar-refractivity contribution in [2.45, 2.75) is 24.5 Å². The lowest BCUT2D eigenvalue weighted by Crippen LogP contribution is -2.54. The molecule has 5 rings (SSSR count). The van der Waals surface area contributed by atoms with Gasteiger partial charge in [-0.2, -0.15) is 5.26 Å². The Kier molecular flexibility index (Phi) is 5.02. The van der Waals surface area contributed by atoms with E-state index in [1.807, 2.05) is 28.7 Å². The van der Waals surface area contributed by atoms with E-state index >= 15 is 0 Å². The number of carbonyl (C=O) groups excluding carboxylic acids is 3. The molecule has 2 aromatic rings. The summed E-state index contributed by atoms with van der Waals surface area (Å²) in [7, 11) is 0. The summed E-state index contributed by atoms with van der Waals surface area (Å²) >= 11 is 7.82. The van der Waals surface area contributed by atoms with E-state index in [9.17, 15) is 24.5 Å². The van der Waals surface area contributed by atoms with Crippen molar-refractivity contribution in [1.82, 2.24) is 9.80 Å². The van der Waals surface area contributed by atoms with Crippen molar-refractivity contribution in [1.29, 1.82) is 5.26 Å². The van der Waals surface area contributed by atoms with E-state index in [0.717, 1.165) is 11.0 Å². The summed E-state index contributed by atoms with van der Waals surface area (Å²) in [5.41, 5.74) is 0.531. The molecule has 0 aliphatic carbocycles. The van der Waals surface area contributed by atoms with Crippen LogP contribution in [0.4, 0.5) is 16.2 Å². The van der Waals surface area contributed by atoms with Crippen LogP contribution in [0.5, 0.6) is 0 Å². The molecule has 33 heavy (non-hydrogen) atoms. The SMILES string of the molecule is N#Cc1ccc(N2C(=O)C3C4CC(CN4C(=O)c4ccc(Cl)c([N+](=O)[O-])c4)N3C2=O)cc1I. The van der Waals surface area contributed by atoms with Gasteiger partial charge in [0.15, 0.2) is 0 Å². The minimum Gasteiger partial charge on any atom is -0.331 e. The Morgan fingerprint density at radius 2 is 2.00 bits per heavy atom. The lowest BCUT2D eigenvalue weighted by atomic mass is 10.1. The monoisotopic (exact) mass is 577 g/mol. The fourth-order valence-electron chi connectivity index (χ4n) is 4.81. The fraction of sp³-hybridized carbons (Fsp3) is 0.238. The highest BCUT2D eigenvalue weighted by Gasteiger charge is 2.63. The number of carbonyl (C=O) groups is 3. The molecule has 12 heteroatoms.